The first-order valence-corrected chi connectivity index (χ1v) is 14.4. The number of carbonyl (C=O) groups is 3. The lowest BCUT2D eigenvalue weighted by atomic mass is 9.87. The zero-order chi connectivity index (χ0) is 27.3. The van der Waals surface area contributed by atoms with Crippen molar-refractivity contribution in [1.29, 1.82) is 0 Å². The van der Waals surface area contributed by atoms with E-state index in [-0.39, 0.29) is 10.8 Å². The number of benzene rings is 2. The van der Waals surface area contributed by atoms with Crippen molar-refractivity contribution in [2.45, 2.75) is 49.0 Å². The first-order valence-electron chi connectivity index (χ1n) is 12.9. The Bertz CT molecular complexity index is 1300. The molecule has 0 bridgehead atoms. The second kappa shape index (κ2) is 11.7. The number of hydrogen-bond donors (Lipinski definition) is 4. The predicted molar refractivity (Wildman–Crippen MR) is 141 cm³/mol. The minimum absolute atomic E-state index is 0.0475. The molecule has 12 heteroatoms. The largest absolute Gasteiger partial charge is 0.428 e. The van der Waals surface area contributed by atoms with Crippen LogP contribution < -0.4 is 21.5 Å². The van der Waals surface area contributed by atoms with E-state index in [4.69, 9.17) is 16.2 Å². The lowest BCUT2D eigenvalue weighted by Gasteiger charge is -2.32. The molecule has 2 fully saturated rings. The van der Waals surface area contributed by atoms with Gasteiger partial charge in [0.1, 0.15) is 5.54 Å². The highest BCUT2D eigenvalue weighted by Crippen LogP contribution is 2.50. The molecule has 1 saturated heterocycles. The zero-order valence-electron chi connectivity index (χ0n) is 21.2. The first-order chi connectivity index (χ1) is 18.2. The lowest BCUT2D eigenvalue weighted by Crippen LogP contribution is -2.61. The summed E-state index contributed by atoms with van der Waals surface area (Å²) in [5.74, 6) is -2.18. The summed E-state index contributed by atoms with van der Waals surface area (Å²) >= 11 is 0. The smallest absolute Gasteiger partial charge is 0.411 e. The van der Waals surface area contributed by atoms with Crippen LogP contribution in [-0.2, 0) is 24.3 Å². The van der Waals surface area contributed by atoms with Crippen LogP contribution in [0.25, 0.3) is 10.8 Å². The highest BCUT2D eigenvalue weighted by Gasteiger charge is 2.58. The van der Waals surface area contributed by atoms with E-state index in [1.165, 1.54) is 12.1 Å². The van der Waals surface area contributed by atoms with Crippen molar-refractivity contribution in [1.82, 2.24) is 14.9 Å². The van der Waals surface area contributed by atoms with Gasteiger partial charge in [-0.15, -0.1) is 0 Å². The van der Waals surface area contributed by atoms with Gasteiger partial charge in [0, 0.05) is 13.1 Å². The molecule has 2 aliphatic rings. The van der Waals surface area contributed by atoms with E-state index in [0.29, 0.717) is 37.9 Å². The average Bonchev–Trinajstić information content (AvgIpc) is 3.68. The molecule has 6 N–H and O–H groups in total. The molecule has 206 valence electrons. The van der Waals surface area contributed by atoms with Gasteiger partial charge in [0.25, 0.3) is 0 Å². The normalized spacial score (nSPS) is 20.9. The Morgan fingerprint density at radius 1 is 1.05 bits per heavy atom. The number of primary amides is 1. The number of fused-ring (bicyclic) bond motifs is 1. The first kappa shape index (κ1) is 27.8. The third-order valence-electron chi connectivity index (χ3n) is 7.40. The summed E-state index contributed by atoms with van der Waals surface area (Å²) in [5.41, 5.74) is 9.62. The minimum Gasteiger partial charge on any atom is -0.428 e. The summed E-state index contributed by atoms with van der Waals surface area (Å²) in [6.45, 7) is 1.14. The van der Waals surface area contributed by atoms with Crippen molar-refractivity contribution in [2.24, 2.45) is 23.3 Å². The van der Waals surface area contributed by atoms with Gasteiger partial charge in [0.05, 0.1) is 11.3 Å². The maximum absolute atomic E-state index is 13.5. The fourth-order valence-electron chi connectivity index (χ4n) is 5.24. The van der Waals surface area contributed by atoms with Gasteiger partial charge in [0.2, 0.25) is 21.8 Å². The summed E-state index contributed by atoms with van der Waals surface area (Å²) in [5, 5.41) is 4.03. The van der Waals surface area contributed by atoms with Gasteiger partial charge in [-0.25, -0.2) is 13.2 Å². The van der Waals surface area contributed by atoms with E-state index in [2.05, 4.69) is 10.0 Å². The summed E-state index contributed by atoms with van der Waals surface area (Å²) in [6.07, 6.45) is 2.83. The number of amides is 3. The van der Waals surface area contributed by atoms with E-state index in [0.717, 1.165) is 24.6 Å². The molecule has 0 spiro atoms. The highest BCUT2D eigenvalue weighted by atomic mass is 32.2. The molecule has 2 aromatic carbocycles. The van der Waals surface area contributed by atoms with Crippen LogP contribution in [-0.4, -0.2) is 63.1 Å². The van der Waals surface area contributed by atoms with E-state index in [9.17, 15) is 22.8 Å². The molecule has 4 rings (SSSR count). The van der Waals surface area contributed by atoms with Gasteiger partial charge < -0.3 is 26.4 Å². The van der Waals surface area contributed by atoms with Crippen LogP contribution >= 0.6 is 0 Å². The standard InChI is InChI=1S/C26H35N5O6S/c27-11-10-20-15-22(20)26(24(28)33,16-23(32)29-17-37-25(34)31-12-4-1-5-13-31)30-38(35,36)21-9-8-18-6-2-3-7-19(18)14-21/h2-3,6-9,14,20,22,30H,1,4-5,10-13,15-17,27H2,(H2,28,33)(H,29,32)/t20?,22?,26-/m0/s1. The molecule has 2 unspecified atom stereocenters. The molecule has 0 radical (unpaired) electrons. The molecule has 0 aromatic heterocycles. The second-order valence-electron chi connectivity index (χ2n) is 10.0. The average molecular weight is 546 g/mol. The summed E-state index contributed by atoms with van der Waals surface area (Å²) < 4.78 is 34.7. The van der Waals surface area contributed by atoms with Crippen LogP contribution in [0.2, 0.25) is 0 Å². The molecule has 3 amide bonds. The van der Waals surface area contributed by atoms with Crippen LogP contribution in [0, 0.1) is 11.8 Å². The number of carbonyl (C=O) groups excluding carboxylic acids is 3. The van der Waals surface area contributed by atoms with Gasteiger partial charge in [-0.3, -0.25) is 9.59 Å². The number of nitrogens with zero attached hydrogens (tertiary/aromatic N) is 1. The van der Waals surface area contributed by atoms with E-state index in [1.807, 2.05) is 12.1 Å². The maximum atomic E-state index is 13.5. The molecule has 1 aliphatic carbocycles. The Balaban J connectivity index is 1.51. The third-order valence-corrected chi connectivity index (χ3v) is 8.91. The van der Waals surface area contributed by atoms with E-state index in [1.54, 1.807) is 23.1 Å². The number of rotatable bonds is 11. The molecule has 11 nitrogen and oxygen atoms in total. The summed E-state index contributed by atoms with van der Waals surface area (Å²) in [4.78, 5) is 39.6. The monoisotopic (exact) mass is 545 g/mol. The SMILES string of the molecule is NCCC1CC1[C@](CC(=O)NCOC(=O)N1CCCCC1)(NS(=O)(=O)c1ccc2ccccc2c1)C(N)=O. The molecular formula is C26H35N5O6S. The van der Waals surface area contributed by atoms with Gasteiger partial charge in [0.15, 0.2) is 6.73 Å². The molecule has 1 saturated carbocycles. The molecular weight excluding hydrogens is 510 g/mol. The van der Waals surface area contributed by atoms with Crippen LogP contribution in [0.5, 0.6) is 0 Å². The quantitative estimate of drug-likeness (QED) is 0.309. The van der Waals surface area contributed by atoms with E-state index < -0.39 is 52.5 Å². The molecule has 1 aliphatic heterocycles. The summed E-state index contributed by atoms with van der Waals surface area (Å²) in [6, 6.07) is 11.9. The maximum Gasteiger partial charge on any atom is 0.411 e. The summed E-state index contributed by atoms with van der Waals surface area (Å²) in [7, 11) is -4.25. The van der Waals surface area contributed by atoms with Gasteiger partial charge in [-0.1, -0.05) is 30.3 Å². The number of nitrogens with one attached hydrogen (secondary N) is 2. The number of likely N-dealkylation sites (tertiary alicyclic amines) is 1. The Labute approximate surface area is 222 Å². The number of nitrogens with two attached hydrogens (primary N) is 2. The van der Waals surface area contributed by atoms with Crippen LogP contribution in [0.3, 0.4) is 0 Å². The van der Waals surface area contributed by atoms with Crippen molar-refractivity contribution >= 4 is 38.7 Å². The zero-order valence-corrected chi connectivity index (χ0v) is 22.0. The van der Waals surface area contributed by atoms with E-state index >= 15 is 0 Å². The number of hydrogen-bond acceptors (Lipinski definition) is 7. The topological polar surface area (TPSA) is 174 Å². The number of piperidine rings is 1. The fraction of sp³-hybridized carbons (Fsp3) is 0.500. The Morgan fingerprint density at radius 3 is 2.45 bits per heavy atom. The van der Waals surface area contributed by atoms with Gasteiger partial charge in [-0.05, 0) is 73.4 Å². The molecule has 3 atom stereocenters. The second-order valence-corrected chi connectivity index (χ2v) is 11.7. The molecule has 38 heavy (non-hydrogen) atoms. The van der Waals surface area contributed by atoms with Crippen molar-refractivity contribution in [2.75, 3.05) is 26.4 Å². The molecule has 1 heterocycles. The van der Waals surface area contributed by atoms with Crippen LogP contribution in [0.1, 0.15) is 38.5 Å². The number of sulfonamides is 1. The lowest BCUT2D eigenvalue weighted by molar-refractivity contribution is -0.131. The van der Waals surface area contributed by atoms with Crippen molar-refractivity contribution in [3.63, 3.8) is 0 Å². The van der Waals surface area contributed by atoms with Gasteiger partial charge in [-0.2, -0.15) is 4.72 Å². The molecule has 2 aromatic rings. The number of ether oxygens (including phenoxy) is 1. The van der Waals surface area contributed by atoms with Crippen LogP contribution in [0.4, 0.5) is 4.79 Å². The van der Waals surface area contributed by atoms with Crippen molar-refractivity contribution < 1.29 is 27.5 Å². The van der Waals surface area contributed by atoms with Crippen molar-refractivity contribution in [3.05, 3.63) is 42.5 Å². The fourth-order valence-corrected chi connectivity index (χ4v) is 6.69. The Kier molecular flexibility index (Phi) is 8.54. The minimum atomic E-state index is -4.25. The third kappa shape index (κ3) is 6.25. The highest BCUT2D eigenvalue weighted by molar-refractivity contribution is 7.89. The Hall–Kier alpha value is -3.22. The van der Waals surface area contributed by atoms with Crippen LogP contribution in [0.15, 0.2) is 47.4 Å². The van der Waals surface area contributed by atoms with Gasteiger partial charge >= 0.3 is 6.09 Å². The van der Waals surface area contributed by atoms with Crippen molar-refractivity contribution in [3.8, 4) is 0 Å². The Morgan fingerprint density at radius 2 is 1.76 bits per heavy atom. The predicted octanol–water partition coefficient (Wildman–Crippen LogP) is 1.41.